The number of aliphatic hydroxyl groups is 1. The van der Waals surface area contributed by atoms with Gasteiger partial charge >= 0.3 is 11.9 Å². The minimum absolute atomic E-state index is 0.116. The van der Waals surface area contributed by atoms with Crippen LogP contribution in [-0.4, -0.2) is 35.9 Å². The Morgan fingerprint density at radius 3 is 2.68 bits per heavy atom. The molecule has 1 heterocycles. The topological polar surface area (TPSA) is 72.8 Å². The van der Waals surface area contributed by atoms with Crippen molar-refractivity contribution in [3.05, 3.63) is 23.8 Å². The summed E-state index contributed by atoms with van der Waals surface area (Å²) in [6.45, 7) is 3.34. The normalized spacial score (nSPS) is 30.8. The predicted octanol–water partition coefficient (Wildman–Crippen LogP) is 1.51. The number of esters is 2. The molecule has 2 atom stereocenters. The number of hydrogen-bond donors (Lipinski definition) is 1. The van der Waals surface area contributed by atoms with E-state index >= 15 is 0 Å². The molecule has 0 fully saturated rings. The lowest BCUT2D eigenvalue weighted by Crippen LogP contribution is -2.15. The van der Waals surface area contributed by atoms with Gasteiger partial charge in [0.15, 0.2) is 0 Å². The second kappa shape index (κ2) is 7.74. The Morgan fingerprint density at radius 2 is 2.00 bits per heavy atom. The van der Waals surface area contributed by atoms with Crippen LogP contribution in [0.4, 0.5) is 0 Å². The van der Waals surface area contributed by atoms with Crippen LogP contribution >= 0.6 is 0 Å². The summed E-state index contributed by atoms with van der Waals surface area (Å²) >= 11 is 0. The first-order valence-corrected chi connectivity index (χ1v) is 6.36. The van der Waals surface area contributed by atoms with Gasteiger partial charge in [0.1, 0.15) is 12.2 Å². The summed E-state index contributed by atoms with van der Waals surface area (Å²) in [7, 11) is 0. The van der Waals surface area contributed by atoms with Gasteiger partial charge in [-0.2, -0.15) is 0 Å². The zero-order chi connectivity index (χ0) is 14.3. The molecule has 1 aliphatic rings. The van der Waals surface area contributed by atoms with E-state index in [0.717, 1.165) is 0 Å². The van der Waals surface area contributed by atoms with E-state index in [2.05, 4.69) is 0 Å². The molecule has 1 N–H and O–H groups in total. The van der Waals surface area contributed by atoms with Crippen LogP contribution < -0.4 is 0 Å². The first kappa shape index (κ1) is 15.4. The van der Waals surface area contributed by atoms with Gasteiger partial charge in [0.2, 0.25) is 0 Å². The average Bonchev–Trinajstić information content (AvgIpc) is 2.33. The molecular formula is C14H20O5. The fourth-order valence-corrected chi connectivity index (χ4v) is 1.77. The summed E-state index contributed by atoms with van der Waals surface area (Å²) in [6, 6.07) is 0. The monoisotopic (exact) mass is 268 g/mol. The smallest absolute Gasteiger partial charge is 0.330 e. The Labute approximate surface area is 112 Å². The van der Waals surface area contributed by atoms with E-state index in [4.69, 9.17) is 9.47 Å². The van der Waals surface area contributed by atoms with Crippen molar-refractivity contribution in [2.45, 2.75) is 45.3 Å². The lowest BCUT2D eigenvalue weighted by atomic mass is 10.1. The van der Waals surface area contributed by atoms with Crippen LogP contribution in [0.15, 0.2) is 23.8 Å². The van der Waals surface area contributed by atoms with Crippen molar-refractivity contribution in [3.63, 3.8) is 0 Å². The Balaban J connectivity index is 2.79. The summed E-state index contributed by atoms with van der Waals surface area (Å²) in [5.74, 6) is -0.770. The molecule has 19 heavy (non-hydrogen) atoms. The summed E-state index contributed by atoms with van der Waals surface area (Å²) in [4.78, 5) is 23.0. The molecule has 0 spiro atoms. The lowest BCUT2D eigenvalue weighted by Gasteiger charge is -2.13. The molecule has 0 aromatic carbocycles. The number of hydrogen-bond acceptors (Lipinski definition) is 5. The van der Waals surface area contributed by atoms with Crippen molar-refractivity contribution < 1.29 is 24.2 Å². The maximum atomic E-state index is 11.5. The fraction of sp³-hybridized carbons (Fsp3) is 0.571. The molecule has 0 bridgehead atoms. The van der Waals surface area contributed by atoms with Gasteiger partial charge in [-0.05, 0) is 19.4 Å². The van der Waals surface area contributed by atoms with Crippen molar-refractivity contribution in [1.82, 2.24) is 0 Å². The molecule has 0 aromatic rings. The van der Waals surface area contributed by atoms with Crippen molar-refractivity contribution in [3.8, 4) is 0 Å². The highest BCUT2D eigenvalue weighted by Gasteiger charge is 2.13. The molecule has 1 aliphatic heterocycles. The van der Waals surface area contributed by atoms with Crippen LogP contribution in [0, 0.1) is 0 Å². The standard InChI is InChI=1S/C14H20O5/c1-10-4-3-5-13(16)19-11(2)8-12(9-15)6-7-14(17)18-10/h3,5-6,10-11,15H,4,7-9H2,1-2H3/b5-3+,12-6+/t10-,11-/m1/s1. The number of rotatable bonds is 1. The molecule has 106 valence electrons. The second-order valence-corrected chi connectivity index (χ2v) is 4.61. The summed E-state index contributed by atoms with van der Waals surface area (Å²) < 4.78 is 10.3. The van der Waals surface area contributed by atoms with Crippen molar-refractivity contribution in [2.24, 2.45) is 0 Å². The Hall–Kier alpha value is -1.62. The highest BCUT2D eigenvalue weighted by atomic mass is 16.5. The van der Waals surface area contributed by atoms with Crippen LogP contribution in [0.25, 0.3) is 0 Å². The number of carbonyl (C=O) groups is 2. The van der Waals surface area contributed by atoms with E-state index in [0.29, 0.717) is 18.4 Å². The second-order valence-electron chi connectivity index (χ2n) is 4.61. The minimum atomic E-state index is -0.428. The molecule has 0 radical (unpaired) electrons. The largest absolute Gasteiger partial charge is 0.462 e. The Morgan fingerprint density at radius 1 is 1.26 bits per heavy atom. The van der Waals surface area contributed by atoms with E-state index in [-0.39, 0.29) is 31.2 Å². The highest BCUT2D eigenvalue weighted by molar-refractivity contribution is 5.82. The van der Waals surface area contributed by atoms with E-state index in [1.165, 1.54) is 6.08 Å². The summed E-state index contributed by atoms with van der Waals surface area (Å²) in [6.07, 6.45) is 4.94. The van der Waals surface area contributed by atoms with Gasteiger partial charge in [0, 0.05) is 18.9 Å². The molecular weight excluding hydrogens is 248 g/mol. The molecule has 1 rings (SSSR count). The lowest BCUT2D eigenvalue weighted by molar-refractivity contribution is -0.147. The van der Waals surface area contributed by atoms with Gasteiger partial charge in [0.05, 0.1) is 13.0 Å². The van der Waals surface area contributed by atoms with Crippen molar-refractivity contribution >= 4 is 11.9 Å². The first-order chi connectivity index (χ1) is 9.01. The number of cyclic esters (lactones) is 2. The molecule has 0 amide bonds. The molecule has 0 saturated carbocycles. The summed E-state index contributed by atoms with van der Waals surface area (Å²) in [5, 5.41) is 9.20. The molecule has 0 unspecified atom stereocenters. The predicted molar refractivity (Wildman–Crippen MR) is 69.3 cm³/mol. The van der Waals surface area contributed by atoms with Crippen molar-refractivity contribution in [2.75, 3.05) is 6.61 Å². The zero-order valence-corrected chi connectivity index (χ0v) is 11.3. The van der Waals surface area contributed by atoms with Crippen LogP contribution in [0.1, 0.15) is 33.1 Å². The van der Waals surface area contributed by atoms with Crippen LogP contribution in [-0.2, 0) is 19.1 Å². The van der Waals surface area contributed by atoms with Crippen LogP contribution in [0.2, 0.25) is 0 Å². The Bertz CT molecular complexity index is 383. The average molecular weight is 268 g/mol. The van der Waals surface area contributed by atoms with E-state index < -0.39 is 5.97 Å². The third kappa shape index (κ3) is 6.20. The van der Waals surface area contributed by atoms with Gasteiger partial charge in [-0.3, -0.25) is 4.79 Å². The molecule has 0 aliphatic carbocycles. The zero-order valence-electron chi connectivity index (χ0n) is 11.3. The third-order valence-electron chi connectivity index (χ3n) is 2.68. The number of ether oxygens (including phenoxy) is 2. The maximum Gasteiger partial charge on any atom is 0.330 e. The summed E-state index contributed by atoms with van der Waals surface area (Å²) in [5.41, 5.74) is 0.660. The van der Waals surface area contributed by atoms with Crippen LogP contribution in [0.5, 0.6) is 0 Å². The minimum Gasteiger partial charge on any atom is -0.462 e. The van der Waals surface area contributed by atoms with Gasteiger partial charge in [-0.25, -0.2) is 4.79 Å². The van der Waals surface area contributed by atoms with E-state index in [1.54, 1.807) is 26.0 Å². The first-order valence-electron chi connectivity index (χ1n) is 6.36. The molecule has 0 saturated heterocycles. The number of carbonyl (C=O) groups excluding carboxylic acids is 2. The van der Waals surface area contributed by atoms with E-state index in [9.17, 15) is 14.7 Å². The van der Waals surface area contributed by atoms with E-state index in [1.807, 2.05) is 0 Å². The molecule has 5 nitrogen and oxygen atoms in total. The fourth-order valence-electron chi connectivity index (χ4n) is 1.77. The van der Waals surface area contributed by atoms with Crippen molar-refractivity contribution in [1.29, 1.82) is 0 Å². The van der Waals surface area contributed by atoms with Gasteiger partial charge in [-0.15, -0.1) is 0 Å². The van der Waals surface area contributed by atoms with Gasteiger partial charge in [0.25, 0.3) is 0 Å². The van der Waals surface area contributed by atoms with Gasteiger partial charge < -0.3 is 14.6 Å². The van der Waals surface area contributed by atoms with Crippen LogP contribution in [0.3, 0.4) is 0 Å². The molecule has 5 heteroatoms. The quantitative estimate of drug-likeness (QED) is 0.576. The maximum absolute atomic E-state index is 11.5. The highest BCUT2D eigenvalue weighted by Crippen LogP contribution is 2.11. The SMILES string of the molecule is C[C@@H]1C/C(CO)=C\CC(=O)O[C@H](C)C/C=C/C(=O)O1. The molecule has 0 aromatic heterocycles. The Kier molecular flexibility index (Phi) is 6.29. The number of aliphatic hydroxyl groups excluding tert-OH is 1. The van der Waals surface area contributed by atoms with Gasteiger partial charge in [-0.1, -0.05) is 12.2 Å². The third-order valence-corrected chi connectivity index (χ3v) is 2.68.